The van der Waals surface area contributed by atoms with E-state index in [1.165, 1.54) is 6.07 Å². The highest BCUT2D eigenvalue weighted by atomic mass is 35.5. The van der Waals surface area contributed by atoms with Crippen molar-refractivity contribution in [1.82, 2.24) is 0 Å². The van der Waals surface area contributed by atoms with E-state index in [9.17, 15) is 14.7 Å². The van der Waals surface area contributed by atoms with Gasteiger partial charge in [-0.05, 0) is 18.2 Å². The molecule has 1 aliphatic heterocycles. The molecular formula is C16H12ClNO3. The number of nitrogens with one attached hydrogen (secondary N) is 1. The summed E-state index contributed by atoms with van der Waals surface area (Å²) < 4.78 is 0. The van der Waals surface area contributed by atoms with E-state index in [-0.39, 0.29) is 12.2 Å². The lowest BCUT2D eigenvalue weighted by Crippen LogP contribution is -2.36. The zero-order valence-electron chi connectivity index (χ0n) is 11.0. The monoisotopic (exact) mass is 301 g/mol. The first-order valence-corrected chi connectivity index (χ1v) is 6.80. The van der Waals surface area contributed by atoms with Crippen molar-refractivity contribution in [2.75, 3.05) is 5.32 Å². The fourth-order valence-electron chi connectivity index (χ4n) is 2.47. The van der Waals surface area contributed by atoms with Crippen LogP contribution in [0.3, 0.4) is 0 Å². The number of carbonyl (C=O) groups excluding carboxylic acids is 2. The molecule has 5 heteroatoms. The van der Waals surface area contributed by atoms with E-state index in [1.807, 2.05) is 0 Å². The number of hydrogen-bond donors (Lipinski definition) is 2. The predicted molar refractivity (Wildman–Crippen MR) is 79.4 cm³/mol. The first-order chi connectivity index (χ1) is 10.0. The number of rotatable bonds is 3. The maximum atomic E-state index is 12.3. The normalized spacial score (nSPS) is 20.0. The first kappa shape index (κ1) is 13.8. The molecule has 0 fully saturated rings. The van der Waals surface area contributed by atoms with Crippen molar-refractivity contribution in [2.45, 2.75) is 12.0 Å². The smallest absolute Gasteiger partial charge is 0.261 e. The van der Waals surface area contributed by atoms with Crippen LogP contribution < -0.4 is 5.32 Å². The molecular weight excluding hydrogens is 290 g/mol. The number of Topliss-reactive ketones (excluding diaryl/α,β-unsaturated/α-hetero) is 1. The predicted octanol–water partition coefficient (Wildman–Crippen LogP) is 2.75. The quantitative estimate of drug-likeness (QED) is 0.857. The van der Waals surface area contributed by atoms with Crippen molar-refractivity contribution in [3.63, 3.8) is 0 Å². The Labute approximate surface area is 126 Å². The number of carbonyl (C=O) groups is 2. The van der Waals surface area contributed by atoms with Gasteiger partial charge >= 0.3 is 0 Å². The molecule has 0 bridgehead atoms. The number of amides is 1. The summed E-state index contributed by atoms with van der Waals surface area (Å²) in [6.45, 7) is 0. The zero-order chi connectivity index (χ0) is 15.0. The van der Waals surface area contributed by atoms with Crippen molar-refractivity contribution in [3.05, 3.63) is 64.7 Å². The third kappa shape index (κ3) is 2.33. The topological polar surface area (TPSA) is 66.4 Å². The summed E-state index contributed by atoms with van der Waals surface area (Å²) in [5.41, 5.74) is -0.516. The highest BCUT2D eigenvalue weighted by Crippen LogP contribution is 2.38. The van der Waals surface area contributed by atoms with Gasteiger partial charge in [0.05, 0.1) is 6.42 Å². The molecule has 1 atom stereocenters. The molecule has 2 aromatic rings. The summed E-state index contributed by atoms with van der Waals surface area (Å²) >= 11 is 5.86. The minimum absolute atomic E-state index is 0.323. The molecule has 3 rings (SSSR count). The lowest BCUT2D eigenvalue weighted by atomic mass is 9.88. The summed E-state index contributed by atoms with van der Waals surface area (Å²) in [5, 5.41) is 13.7. The molecule has 0 saturated carbocycles. The van der Waals surface area contributed by atoms with Crippen molar-refractivity contribution >= 4 is 29.0 Å². The van der Waals surface area contributed by atoms with E-state index in [4.69, 9.17) is 11.6 Å². The summed E-state index contributed by atoms with van der Waals surface area (Å²) in [5.74, 6) is -0.925. The van der Waals surface area contributed by atoms with Crippen LogP contribution in [-0.4, -0.2) is 16.8 Å². The number of fused-ring (bicyclic) bond motifs is 1. The van der Waals surface area contributed by atoms with Crippen molar-refractivity contribution < 1.29 is 14.7 Å². The number of halogens is 1. The van der Waals surface area contributed by atoms with Crippen LogP contribution in [0.5, 0.6) is 0 Å². The number of aliphatic hydroxyl groups is 1. The van der Waals surface area contributed by atoms with E-state index < -0.39 is 11.5 Å². The van der Waals surface area contributed by atoms with Gasteiger partial charge in [0, 0.05) is 21.8 Å². The number of ketones is 1. The van der Waals surface area contributed by atoms with Crippen LogP contribution >= 0.6 is 11.6 Å². The molecule has 1 heterocycles. The van der Waals surface area contributed by atoms with E-state index >= 15 is 0 Å². The standard InChI is InChI=1S/C16H12ClNO3/c17-11-5-3-4-10(8-11)14(19)9-16(21)12-6-1-2-7-13(12)18-15(16)20/h1-8,21H,9H2,(H,18,20)/t16-/m1/s1. The lowest BCUT2D eigenvalue weighted by molar-refractivity contribution is -0.133. The maximum Gasteiger partial charge on any atom is 0.261 e. The molecule has 21 heavy (non-hydrogen) atoms. The second-order valence-corrected chi connectivity index (χ2v) is 5.41. The average molecular weight is 302 g/mol. The Hall–Kier alpha value is -2.17. The highest BCUT2D eigenvalue weighted by Gasteiger charge is 2.46. The Balaban J connectivity index is 1.94. The Morgan fingerprint density at radius 3 is 2.71 bits per heavy atom. The van der Waals surface area contributed by atoms with Gasteiger partial charge in [-0.1, -0.05) is 41.9 Å². The van der Waals surface area contributed by atoms with E-state index in [0.717, 1.165) is 0 Å². The molecule has 4 nitrogen and oxygen atoms in total. The Morgan fingerprint density at radius 2 is 1.95 bits per heavy atom. The number of anilines is 1. The minimum atomic E-state index is -1.84. The van der Waals surface area contributed by atoms with Gasteiger partial charge in [0.2, 0.25) is 0 Å². The van der Waals surface area contributed by atoms with Gasteiger partial charge in [-0.15, -0.1) is 0 Å². The maximum absolute atomic E-state index is 12.3. The van der Waals surface area contributed by atoms with Gasteiger partial charge < -0.3 is 10.4 Å². The third-order valence-corrected chi connectivity index (χ3v) is 3.79. The van der Waals surface area contributed by atoms with Gasteiger partial charge in [-0.3, -0.25) is 9.59 Å². The fraction of sp³-hybridized carbons (Fsp3) is 0.125. The van der Waals surface area contributed by atoms with E-state index in [0.29, 0.717) is 21.8 Å². The van der Waals surface area contributed by atoms with Crippen molar-refractivity contribution in [2.24, 2.45) is 0 Å². The van der Waals surface area contributed by atoms with E-state index in [1.54, 1.807) is 42.5 Å². The summed E-state index contributed by atoms with van der Waals surface area (Å²) in [6, 6.07) is 13.2. The van der Waals surface area contributed by atoms with Crippen LogP contribution in [0, 0.1) is 0 Å². The van der Waals surface area contributed by atoms with Gasteiger partial charge in [-0.2, -0.15) is 0 Å². The van der Waals surface area contributed by atoms with E-state index in [2.05, 4.69) is 5.32 Å². The third-order valence-electron chi connectivity index (χ3n) is 3.56. The van der Waals surface area contributed by atoms with Gasteiger partial charge in [0.15, 0.2) is 11.4 Å². The Kier molecular flexibility index (Phi) is 3.27. The van der Waals surface area contributed by atoms with Gasteiger partial charge in [0.25, 0.3) is 5.91 Å². The van der Waals surface area contributed by atoms with Crippen molar-refractivity contribution in [1.29, 1.82) is 0 Å². The molecule has 0 aliphatic carbocycles. The SMILES string of the molecule is O=C(C[C@]1(O)C(=O)Nc2ccccc21)c1cccc(Cl)c1. The van der Waals surface area contributed by atoms with Crippen molar-refractivity contribution in [3.8, 4) is 0 Å². The average Bonchev–Trinajstić information content (AvgIpc) is 2.71. The molecule has 0 radical (unpaired) electrons. The summed E-state index contributed by atoms with van der Waals surface area (Å²) in [6.07, 6.45) is -0.323. The van der Waals surface area contributed by atoms with Crippen LogP contribution in [0.25, 0.3) is 0 Å². The van der Waals surface area contributed by atoms with Crippen LogP contribution in [-0.2, 0) is 10.4 Å². The summed E-state index contributed by atoms with van der Waals surface area (Å²) in [7, 11) is 0. The number of hydrogen-bond acceptors (Lipinski definition) is 3. The van der Waals surface area contributed by atoms with Crippen LogP contribution in [0.1, 0.15) is 22.3 Å². The molecule has 2 N–H and O–H groups in total. The largest absolute Gasteiger partial charge is 0.375 e. The molecule has 0 aromatic heterocycles. The molecule has 0 spiro atoms. The minimum Gasteiger partial charge on any atom is -0.375 e. The van der Waals surface area contributed by atoms with Crippen LogP contribution in [0.4, 0.5) is 5.69 Å². The summed E-state index contributed by atoms with van der Waals surface area (Å²) in [4.78, 5) is 24.4. The van der Waals surface area contributed by atoms with Gasteiger partial charge in [-0.25, -0.2) is 0 Å². The molecule has 1 aliphatic rings. The van der Waals surface area contributed by atoms with Gasteiger partial charge in [0.1, 0.15) is 0 Å². The zero-order valence-corrected chi connectivity index (χ0v) is 11.7. The molecule has 2 aromatic carbocycles. The molecule has 0 unspecified atom stereocenters. The van der Waals surface area contributed by atoms with Crippen LogP contribution in [0.2, 0.25) is 5.02 Å². The Morgan fingerprint density at radius 1 is 1.19 bits per heavy atom. The molecule has 106 valence electrons. The first-order valence-electron chi connectivity index (χ1n) is 6.43. The number of benzene rings is 2. The second-order valence-electron chi connectivity index (χ2n) is 4.97. The number of para-hydroxylation sites is 1. The molecule has 1 amide bonds. The molecule has 0 saturated heterocycles. The van der Waals surface area contributed by atoms with Crippen LogP contribution in [0.15, 0.2) is 48.5 Å². The fourth-order valence-corrected chi connectivity index (χ4v) is 2.66. The second kappa shape index (κ2) is 4.98. The lowest BCUT2D eigenvalue weighted by Gasteiger charge is -2.20. The Bertz CT molecular complexity index is 744. The highest BCUT2D eigenvalue weighted by molar-refractivity contribution is 6.31.